The summed E-state index contributed by atoms with van der Waals surface area (Å²) in [5.74, 6) is 1.58. The van der Waals surface area contributed by atoms with Gasteiger partial charge in [-0.3, -0.25) is 4.79 Å². The van der Waals surface area contributed by atoms with E-state index in [1.165, 1.54) is 0 Å². The maximum absolute atomic E-state index is 13.2. The quantitative estimate of drug-likeness (QED) is 0.518. The summed E-state index contributed by atoms with van der Waals surface area (Å²) < 4.78 is 11.5. The van der Waals surface area contributed by atoms with E-state index in [0.717, 1.165) is 47.3 Å². The third-order valence-corrected chi connectivity index (χ3v) is 4.33. The molecule has 3 heteroatoms. The van der Waals surface area contributed by atoms with E-state index in [4.69, 9.17) is 9.15 Å². The molecule has 0 aliphatic heterocycles. The molecule has 2 aromatic carbocycles. The Morgan fingerprint density at radius 1 is 1.08 bits per heavy atom. The second-order valence-corrected chi connectivity index (χ2v) is 6.29. The Balaban J connectivity index is 2.05. The molecule has 3 nitrogen and oxygen atoms in total. The van der Waals surface area contributed by atoms with E-state index >= 15 is 0 Å². The van der Waals surface area contributed by atoms with Crippen molar-refractivity contribution >= 4 is 16.8 Å². The number of ether oxygens (including phenoxy) is 1. The van der Waals surface area contributed by atoms with Crippen molar-refractivity contribution in [3.63, 3.8) is 0 Å². The zero-order valence-corrected chi connectivity index (χ0v) is 15.1. The Kier molecular flexibility index (Phi) is 5.22. The molecule has 0 saturated carbocycles. The molecule has 0 radical (unpaired) electrons. The van der Waals surface area contributed by atoms with Crippen LogP contribution in [0.25, 0.3) is 11.0 Å². The third-order valence-electron chi connectivity index (χ3n) is 4.33. The van der Waals surface area contributed by atoms with Gasteiger partial charge in [-0.2, -0.15) is 0 Å². The Hall–Kier alpha value is -2.55. The lowest BCUT2D eigenvalue weighted by molar-refractivity contribution is 0.103. The largest absolute Gasteiger partial charge is 0.494 e. The van der Waals surface area contributed by atoms with Gasteiger partial charge in [-0.05, 0) is 56.7 Å². The van der Waals surface area contributed by atoms with Gasteiger partial charge >= 0.3 is 0 Å². The van der Waals surface area contributed by atoms with Crippen LogP contribution in [0, 0.1) is 6.92 Å². The Morgan fingerprint density at radius 3 is 2.52 bits per heavy atom. The number of furan rings is 1. The van der Waals surface area contributed by atoms with Gasteiger partial charge in [-0.1, -0.05) is 25.0 Å². The average molecular weight is 336 g/mol. The van der Waals surface area contributed by atoms with E-state index in [2.05, 4.69) is 6.92 Å². The summed E-state index contributed by atoms with van der Waals surface area (Å²) in [6.45, 7) is 6.73. The summed E-state index contributed by atoms with van der Waals surface area (Å²) >= 11 is 0. The molecule has 0 saturated heterocycles. The molecule has 1 heterocycles. The fourth-order valence-corrected chi connectivity index (χ4v) is 3.04. The van der Waals surface area contributed by atoms with Crippen LogP contribution in [0.4, 0.5) is 0 Å². The summed E-state index contributed by atoms with van der Waals surface area (Å²) in [6.07, 6.45) is 2.84. The first-order valence-electron chi connectivity index (χ1n) is 8.93. The Labute approximate surface area is 148 Å². The Morgan fingerprint density at radius 2 is 1.84 bits per heavy atom. The number of rotatable bonds is 7. The molecule has 0 aliphatic rings. The van der Waals surface area contributed by atoms with Gasteiger partial charge < -0.3 is 9.15 Å². The maximum atomic E-state index is 13.2. The number of aryl methyl sites for hydroxylation is 2. The predicted molar refractivity (Wildman–Crippen MR) is 101 cm³/mol. The van der Waals surface area contributed by atoms with Gasteiger partial charge in [0.25, 0.3) is 0 Å². The van der Waals surface area contributed by atoms with Crippen LogP contribution < -0.4 is 4.74 Å². The first-order valence-corrected chi connectivity index (χ1v) is 8.93. The number of fused-ring (bicyclic) bond motifs is 1. The van der Waals surface area contributed by atoms with E-state index in [9.17, 15) is 4.79 Å². The molecule has 3 rings (SSSR count). The minimum Gasteiger partial charge on any atom is -0.494 e. The van der Waals surface area contributed by atoms with Gasteiger partial charge in [0, 0.05) is 17.4 Å². The molecule has 0 amide bonds. The number of hydrogen-bond acceptors (Lipinski definition) is 3. The van der Waals surface area contributed by atoms with E-state index in [1.54, 1.807) is 0 Å². The summed E-state index contributed by atoms with van der Waals surface area (Å²) in [7, 11) is 0. The highest BCUT2D eigenvalue weighted by Gasteiger charge is 2.21. The van der Waals surface area contributed by atoms with Crippen molar-refractivity contribution in [1.29, 1.82) is 0 Å². The molecule has 0 unspecified atom stereocenters. The molecule has 0 N–H and O–H groups in total. The van der Waals surface area contributed by atoms with E-state index in [1.807, 2.05) is 56.3 Å². The van der Waals surface area contributed by atoms with E-state index < -0.39 is 0 Å². The van der Waals surface area contributed by atoms with Crippen LogP contribution in [0.2, 0.25) is 0 Å². The minimum absolute atomic E-state index is 0.0125. The Bertz CT molecular complexity index is 872. The summed E-state index contributed by atoms with van der Waals surface area (Å²) in [4.78, 5) is 13.2. The van der Waals surface area contributed by atoms with Gasteiger partial charge in [-0.25, -0.2) is 0 Å². The number of carbonyl (C=O) groups excluding carboxylic acids is 1. The fourth-order valence-electron chi connectivity index (χ4n) is 3.04. The summed E-state index contributed by atoms with van der Waals surface area (Å²) in [5, 5.41) is 0.907. The zero-order valence-electron chi connectivity index (χ0n) is 15.1. The van der Waals surface area contributed by atoms with Gasteiger partial charge in [-0.15, -0.1) is 0 Å². The van der Waals surface area contributed by atoms with Crippen LogP contribution >= 0.6 is 0 Å². The highest BCUT2D eigenvalue weighted by atomic mass is 16.5. The SMILES string of the molecule is CCCCc1oc2ccc(C)cc2c1C(=O)c1ccc(OCC)cc1. The highest BCUT2D eigenvalue weighted by Crippen LogP contribution is 2.30. The van der Waals surface area contributed by atoms with Crippen molar-refractivity contribution in [3.05, 3.63) is 64.9 Å². The highest BCUT2D eigenvalue weighted by molar-refractivity contribution is 6.17. The third kappa shape index (κ3) is 3.60. The molecule has 0 spiro atoms. The molecule has 0 aliphatic carbocycles. The smallest absolute Gasteiger partial charge is 0.197 e. The molecular weight excluding hydrogens is 312 g/mol. The summed E-state index contributed by atoms with van der Waals surface area (Å²) in [5.41, 5.74) is 3.27. The van der Waals surface area contributed by atoms with Crippen LogP contribution in [-0.2, 0) is 6.42 Å². The molecule has 1 aromatic heterocycles. The van der Waals surface area contributed by atoms with Crippen LogP contribution in [0.1, 0.15) is 53.9 Å². The van der Waals surface area contributed by atoms with E-state index in [-0.39, 0.29) is 5.78 Å². The standard InChI is InChI=1S/C22H24O3/c1-4-6-7-20-21(18-14-15(3)8-13-19(18)25-20)22(23)16-9-11-17(12-10-16)24-5-2/h8-14H,4-7H2,1-3H3. The first kappa shape index (κ1) is 17.3. The molecule has 0 bridgehead atoms. The first-order chi connectivity index (χ1) is 12.1. The number of carbonyl (C=O) groups is 1. The van der Waals surface area contributed by atoms with E-state index in [0.29, 0.717) is 17.7 Å². The van der Waals surface area contributed by atoms with Crippen molar-refractivity contribution in [3.8, 4) is 5.75 Å². The van der Waals surface area contributed by atoms with Gasteiger partial charge in [0.2, 0.25) is 0 Å². The predicted octanol–water partition coefficient (Wildman–Crippen LogP) is 5.71. The van der Waals surface area contributed by atoms with Crippen molar-refractivity contribution in [1.82, 2.24) is 0 Å². The number of hydrogen-bond donors (Lipinski definition) is 0. The topological polar surface area (TPSA) is 39.4 Å². The number of ketones is 1. The van der Waals surface area contributed by atoms with Crippen LogP contribution in [-0.4, -0.2) is 12.4 Å². The molecule has 0 atom stereocenters. The lowest BCUT2D eigenvalue weighted by Crippen LogP contribution is -2.04. The molecule has 0 fully saturated rings. The number of benzene rings is 2. The minimum atomic E-state index is 0.0125. The molecular formula is C22H24O3. The lowest BCUT2D eigenvalue weighted by Gasteiger charge is -2.06. The van der Waals surface area contributed by atoms with Crippen LogP contribution in [0.3, 0.4) is 0 Å². The average Bonchev–Trinajstić information content (AvgIpc) is 2.97. The van der Waals surface area contributed by atoms with Crippen molar-refractivity contribution in [2.24, 2.45) is 0 Å². The molecule has 25 heavy (non-hydrogen) atoms. The van der Waals surface area contributed by atoms with Gasteiger partial charge in [0.1, 0.15) is 17.1 Å². The maximum Gasteiger partial charge on any atom is 0.197 e. The van der Waals surface area contributed by atoms with Crippen LogP contribution in [0.5, 0.6) is 5.75 Å². The number of unbranched alkanes of at least 4 members (excludes halogenated alkanes) is 1. The van der Waals surface area contributed by atoms with Crippen molar-refractivity contribution in [2.75, 3.05) is 6.61 Å². The molecule has 130 valence electrons. The lowest BCUT2D eigenvalue weighted by atomic mass is 9.97. The monoisotopic (exact) mass is 336 g/mol. The fraction of sp³-hybridized carbons (Fsp3) is 0.318. The van der Waals surface area contributed by atoms with Crippen LogP contribution in [0.15, 0.2) is 46.9 Å². The second kappa shape index (κ2) is 7.56. The van der Waals surface area contributed by atoms with Gasteiger partial charge in [0.05, 0.1) is 12.2 Å². The summed E-state index contributed by atoms with van der Waals surface area (Å²) in [6, 6.07) is 13.3. The zero-order chi connectivity index (χ0) is 17.8. The molecule has 3 aromatic rings. The van der Waals surface area contributed by atoms with Crippen molar-refractivity contribution in [2.45, 2.75) is 40.0 Å². The van der Waals surface area contributed by atoms with Gasteiger partial charge in [0.15, 0.2) is 5.78 Å². The second-order valence-electron chi connectivity index (χ2n) is 6.29. The normalized spacial score (nSPS) is 11.0. The van der Waals surface area contributed by atoms with Crippen molar-refractivity contribution < 1.29 is 13.9 Å².